The number of thioether (sulfide) groups is 1. The molecule has 0 aromatic heterocycles. The van der Waals surface area contributed by atoms with Crippen molar-refractivity contribution in [1.29, 1.82) is 0 Å². The van der Waals surface area contributed by atoms with Crippen LogP contribution in [0.25, 0.3) is 0 Å². The van der Waals surface area contributed by atoms with Crippen molar-refractivity contribution in [3.63, 3.8) is 0 Å². The number of benzene rings is 1. The summed E-state index contributed by atoms with van der Waals surface area (Å²) in [6.07, 6.45) is 9.05. The van der Waals surface area contributed by atoms with Crippen molar-refractivity contribution < 1.29 is 0 Å². The van der Waals surface area contributed by atoms with E-state index in [9.17, 15) is 0 Å². The lowest BCUT2D eigenvalue weighted by Crippen LogP contribution is -2.38. The fraction of sp³-hybridized carbons (Fsp3) is 0.647. The Morgan fingerprint density at radius 1 is 1.21 bits per heavy atom. The molecule has 0 bridgehead atoms. The molecule has 1 saturated carbocycles. The molecule has 0 spiro atoms. The highest BCUT2D eigenvalue weighted by atomic mass is 32.2. The van der Waals surface area contributed by atoms with Crippen molar-refractivity contribution in [3.8, 4) is 0 Å². The highest BCUT2D eigenvalue weighted by Crippen LogP contribution is 2.38. The molecule has 0 heterocycles. The molecule has 3 unspecified atom stereocenters. The van der Waals surface area contributed by atoms with Gasteiger partial charge in [-0.1, -0.05) is 19.4 Å². The number of hydrogen-bond acceptors (Lipinski definition) is 2. The van der Waals surface area contributed by atoms with Crippen molar-refractivity contribution in [2.24, 2.45) is 11.7 Å². The van der Waals surface area contributed by atoms with E-state index in [0.29, 0.717) is 11.3 Å². The van der Waals surface area contributed by atoms with Gasteiger partial charge in [-0.05, 0) is 67.7 Å². The maximum Gasteiger partial charge on any atom is 0.0248 e. The Morgan fingerprint density at radius 3 is 2.89 bits per heavy atom. The van der Waals surface area contributed by atoms with Crippen molar-refractivity contribution in [2.45, 2.75) is 68.1 Å². The van der Waals surface area contributed by atoms with Gasteiger partial charge in [0.1, 0.15) is 0 Å². The average Bonchev–Trinajstić information content (AvgIpc) is 2.89. The summed E-state index contributed by atoms with van der Waals surface area (Å²) in [4.78, 5) is 1.44. The van der Waals surface area contributed by atoms with Gasteiger partial charge in [-0.3, -0.25) is 0 Å². The molecule has 3 atom stereocenters. The summed E-state index contributed by atoms with van der Waals surface area (Å²) >= 11 is 2.03. The van der Waals surface area contributed by atoms with E-state index in [1.54, 1.807) is 11.1 Å². The van der Waals surface area contributed by atoms with Gasteiger partial charge in [0.15, 0.2) is 0 Å². The number of rotatable bonds is 3. The SMILES string of the molecule is CCC1CCC(N)C(Sc2ccc3c(c2)CCC3)C1. The number of nitrogens with two attached hydrogens (primary N) is 1. The van der Waals surface area contributed by atoms with E-state index in [1.165, 1.54) is 49.8 Å². The number of hydrogen-bond donors (Lipinski definition) is 1. The van der Waals surface area contributed by atoms with E-state index >= 15 is 0 Å². The zero-order valence-corrected chi connectivity index (χ0v) is 12.7. The molecular weight excluding hydrogens is 250 g/mol. The van der Waals surface area contributed by atoms with Crippen LogP contribution in [0.1, 0.15) is 50.2 Å². The normalized spacial score (nSPS) is 30.3. The van der Waals surface area contributed by atoms with Crippen molar-refractivity contribution in [2.75, 3.05) is 0 Å². The van der Waals surface area contributed by atoms with Crippen molar-refractivity contribution in [3.05, 3.63) is 29.3 Å². The summed E-state index contributed by atoms with van der Waals surface area (Å²) in [5, 5.41) is 0.623. The molecule has 0 radical (unpaired) electrons. The van der Waals surface area contributed by atoms with E-state index in [2.05, 4.69) is 25.1 Å². The van der Waals surface area contributed by atoms with E-state index in [4.69, 9.17) is 5.73 Å². The van der Waals surface area contributed by atoms with Gasteiger partial charge in [-0.15, -0.1) is 11.8 Å². The Kier molecular flexibility index (Phi) is 4.18. The van der Waals surface area contributed by atoms with Gasteiger partial charge in [0.05, 0.1) is 0 Å². The van der Waals surface area contributed by atoms with Crippen LogP contribution in [0.2, 0.25) is 0 Å². The second-order valence-electron chi connectivity index (χ2n) is 6.19. The summed E-state index contributed by atoms with van der Waals surface area (Å²) in [6, 6.07) is 7.48. The first-order valence-electron chi connectivity index (χ1n) is 7.80. The Morgan fingerprint density at radius 2 is 2.05 bits per heavy atom. The van der Waals surface area contributed by atoms with Crippen LogP contribution < -0.4 is 5.73 Å². The Hall–Kier alpha value is -0.470. The third-order valence-electron chi connectivity index (χ3n) is 4.89. The fourth-order valence-electron chi connectivity index (χ4n) is 3.54. The molecule has 1 fully saturated rings. The summed E-state index contributed by atoms with van der Waals surface area (Å²) in [7, 11) is 0. The summed E-state index contributed by atoms with van der Waals surface area (Å²) < 4.78 is 0. The molecule has 1 aromatic rings. The molecule has 1 nitrogen and oxygen atoms in total. The number of fused-ring (bicyclic) bond motifs is 1. The quantitative estimate of drug-likeness (QED) is 0.896. The standard InChI is InChI=1S/C17H25NS/c1-2-12-6-9-16(18)17(10-12)19-15-8-7-13-4-3-5-14(13)11-15/h7-8,11-12,16-17H,2-6,9-10,18H2,1H3. The van der Waals surface area contributed by atoms with E-state index in [1.807, 2.05) is 11.8 Å². The maximum absolute atomic E-state index is 6.34. The highest BCUT2D eigenvalue weighted by Gasteiger charge is 2.28. The van der Waals surface area contributed by atoms with Crippen LogP contribution in [0.5, 0.6) is 0 Å². The smallest absolute Gasteiger partial charge is 0.0248 e. The number of aryl methyl sites for hydroxylation is 2. The molecule has 2 aliphatic rings. The van der Waals surface area contributed by atoms with Gasteiger partial charge >= 0.3 is 0 Å². The van der Waals surface area contributed by atoms with Gasteiger partial charge < -0.3 is 5.73 Å². The Balaban J connectivity index is 1.69. The van der Waals surface area contributed by atoms with Crippen molar-refractivity contribution in [1.82, 2.24) is 0 Å². The molecule has 2 N–H and O–H groups in total. The predicted octanol–water partition coefficient (Wildman–Crippen LogP) is 4.17. The lowest BCUT2D eigenvalue weighted by atomic mass is 9.84. The van der Waals surface area contributed by atoms with Crippen LogP contribution in [0, 0.1) is 5.92 Å². The van der Waals surface area contributed by atoms with Crippen LogP contribution in [0.3, 0.4) is 0 Å². The van der Waals surface area contributed by atoms with Gasteiger partial charge in [0.25, 0.3) is 0 Å². The van der Waals surface area contributed by atoms with E-state index < -0.39 is 0 Å². The fourth-order valence-corrected chi connectivity index (χ4v) is 4.92. The van der Waals surface area contributed by atoms with E-state index in [0.717, 1.165) is 5.92 Å². The zero-order valence-electron chi connectivity index (χ0n) is 11.9. The average molecular weight is 275 g/mol. The lowest BCUT2D eigenvalue weighted by molar-refractivity contribution is 0.327. The molecule has 0 amide bonds. The minimum absolute atomic E-state index is 0.390. The topological polar surface area (TPSA) is 26.0 Å². The molecule has 1 aromatic carbocycles. The lowest BCUT2D eigenvalue weighted by Gasteiger charge is -2.33. The zero-order chi connectivity index (χ0) is 13.2. The highest BCUT2D eigenvalue weighted by molar-refractivity contribution is 8.00. The van der Waals surface area contributed by atoms with Gasteiger partial charge in [-0.25, -0.2) is 0 Å². The minimum Gasteiger partial charge on any atom is -0.327 e. The molecule has 104 valence electrons. The summed E-state index contributed by atoms with van der Waals surface area (Å²) in [6.45, 7) is 2.32. The second kappa shape index (κ2) is 5.88. The van der Waals surface area contributed by atoms with Crippen molar-refractivity contribution >= 4 is 11.8 Å². The van der Waals surface area contributed by atoms with Crippen LogP contribution in [0.4, 0.5) is 0 Å². The molecule has 2 aliphatic carbocycles. The molecule has 19 heavy (non-hydrogen) atoms. The third-order valence-corrected chi connectivity index (χ3v) is 6.26. The van der Waals surface area contributed by atoms with Crippen LogP contribution in [0.15, 0.2) is 23.1 Å². The Bertz CT molecular complexity index is 443. The van der Waals surface area contributed by atoms with Gasteiger partial charge in [0.2, 0.25) is 0 Å². The third kappa shape index (κ3) is 3.00. The largest absolute Gasteiger partial charge is 0.327 e. The predicted molar refractivity (Wildman–Crippen MR) is 83.7 cm³/mol. The molecule has 3 rings (SSSR count). The van der Waals surface area contributed by atoms with Crippen LogP contribution in [-0.2, 0) is 12.8 Å². The molecular formula is C17H25NS. The van der Waals surface area contributed by atoms with Crippen LogP contribution in [-0.4, -0.2) is 11.3 Å². The van der Waals surface area contributed by atoms with Gasteiger partial charge in [-0.2, -0.15) is 0 Å². The molecule has 2 heteroatoms. The molecule has 0 saturated heterocycles. The monoisotopic (exact) mass is 275 g/mol. The molecule has 0 aliphatic heterocycles. The first kappa shape index (κ1) is 13.5. The summed E-state index contributed by atoms with van der Waals surface area (Å²) in [5.74, 6) is 0.895. The second-order valence-corrected chi connectivity index (χ2v) is 7.50. The maximum atomic E-state index is 6.34. The van der Waals surface area contributed by atoms with Gasteiger partial charge in [0, 0.05) is 16.2 Å². The van der Waals surface area contributed by atoms with E-state index in [-0.39, 0.29) is 0 Å². The first-order chi connectivity index (χ1) is 9.26. The first-order valence-corrected chi connectivity index (χ1v) is 8.68. The van der Waals surface area contributed by atoms with Crippen LogP contribution >= 0.6 is 11.8 Å². The minimum atomic E-state index is 0.390. The summed E-state index contributed by atoms with van der Waals surface area (Å²) in [5.41, 5.74) is 9.49. The Labute approximate surface area is 121 Å².